The summed E-state index contributed by atoms with van der Waals surface area (Å²) in [7, 11) is 3.29. The molecule has 1 atom stereocenters. The topological polar surface area (TPSA) is 61.7 Å². The van der Waals surface area contributed by atoms with E-state index in [4.69, 9.17) is 4.74 Å². The lowest BCUT2D eigenvalue weighted by molar-refractivity contribution is 0.173. The lowest BCUT2D eigenvalue weighted by Crippen LogP contribution is -2.16. The number of phenols is 1. The zero-order chi connectivity index (χ0) is 11.4. The van der Waals surface area contributed by atoms with E-state index in [1.54, 1.807) is 20.2 Å². The number of nitrogens with one attached hydrogen (secondary N) is 1. The van der Waals surface area contributed by atoms with Crippen molar-refractivity contribution in [2.75, 3.05) is 20.7 Å². The summed E-state index contributed by atoms with van der Waals surface area (Å²) in [5.41, 5.74) is 1.41. The van der Waals surface area contributed by atoms with Crippen molar-refractivity contribution in [1.29, 1.82) is 0 Å². The van der Waals surface area contributed by atoms with Crippen LogP contribution in [0.4, 0.5) is 0 Å². The SMILES string of the molecule is CNCC(O)c1cc(C)c(OC)cc1O. The number of rotatable bonds is 4. The van der Waals surface area contributed by atoms with Gasteiger partial charge in [-0.15, -0.1) is 0 Å². The third-order valence-corrected chi connectivity index (χ3v) is 2.30. The van der Waals surface area contributed by atoms with E-state index in [-0.39, 0.29) is 5.75 Å². The van der Waals surface area contributed by atoms with E-state index in [2.05, 4.69) is 5.32 Å². The number of aliphatic hydroxyl groups is 1. The van der Waals surface area contributed by atoms with Gasteiger partial charge < -0.3 is 20.3 Å². The number of benzene rings is 1. The van der Waals surface area contributed by atoms with Crippen molar-refractivity contribution in [2.24, 2.45) is 0 Å². The molecule has 4 nitrogen and oxygen atoms in total. The van der Waals surface area contributed by atoms with E-state index in [1.165, 1.54) is 6.07 Å². The largest absolute Gasteiger partial charge is 0.507 e. The fourth-order valence-corrected chi connectivity index (χ4v) is 1.49. The molecule has 1 aromatic carbocycles. The van der Waals surface area contributed by atoms with Gasteiger partial charge in [0, 0.05) is 18.2 Å². The Hall–Kier alpha value is -1.26. The van der Waals surface area contributed by atoms with Crippen LogP contribution >= 0.6 is 0 Å². The van der Waals surface area contributed by atoms with Crippen molar-refractivity contribution in [1.82, 2.24) is 5.32 Å². The molecule has 0 saturated carbocycles. The van der Waals surface area contributed by atoms with Crippen LogP contribution in [-0.4, -0.2) is 30.9 Å². The van der Waals surface area contributed by atoms with Crippen LogP contribution in [0.2, 0.25) is 0 Å². The van der Waals surface area contributed by atoms with Crippen LogP contribution in [-0.2, 0) is 0 Å². The van der Waals surface area contributed by atoms with Gasteiger partial charge in [0.05, 0.1) is 13.2 Å². The number of aromatic hydroxyl groups is 1. The average Bonchev–Trinajstić information content (AvgIpc) is 2.21. The first kappa shape index (κ1) is 11.8. The molecule has 4 heteroatoms. The highest BCUT2D eigenvalue weighted by atomic mass is 16.5. The highest BCUT2D eigenvalue weighted by Gasteiger charge is 2.14. The first-order valence-corrected chi connectivity index (χ1v) is 4.80. The van der Waals surface area contributed by atoms with Crippen LogP contribution < -0.4 is 10.1 Å². The molecule has 0 saturated heterocycles. The standard InChI is InChI=1S/C11H17NO3/c1-7-4-8(10(14)6-12-2)9(13)5-11(7)15-3/h4-5,10,12-14H,6H2,1-3H3. The Morgan fingerprint density at radius 1 is 1.47 bits per heavy atom. The number of aryl methyl sites for hydroxylation is 1. The van der Waals surface area contributed by atoms with Gasteiger partial charge in [0.25, 0.3) is 0 Å². The Labute approximate surface area is 89.5 Å². The van der Waals surface area contributed by atoms with Gasteiger partial charge in [-0.3, -0.25) is 0 Å². The molecule has 0 amide bonds. The first-order chi connectivity index (χ1) is 7.10. The smallest absolute Gasteiger partial charge is 0.125 e. The van der Waals surface area contributed by atoms with Gasteiger partial charge >= 0.3 is 0 Å². The van der Waals surface area contributed by atoms with Crippen molar-refractivity contribution in [3.8, 4) is 11.5 Å². The second kappa shape index (κ2) is 5.00. The molecule has 84 valence electrons. The molecule has 0 spiro atoms. The number of aliphatic hydroxyl groups excluding tert-OH is 1. The maximum atomic E-state index is 9.73. The van der Waals surface area contributed by atoms with Crippen molar-refractivity contribution < 1.29 is 14.9 Å². The molecule has 3 N–H and O–H groups in total. The van der Waals surface area contributed by atoms with Crippen LogP contribution in [0.1, 0.15) is 17.2 Å². The zero-order valence-corrected chi connectivity index (χ0v) is 9.24. The number of ether oxygens (including phenoxy) is 1. The fraction of sp³-hybridized carbons (Fsp3) is 0.455. The summed E-state index contributed by atoms with van der Waals surface area (Å²) in [6.07, 6.45) is -0.709. The Balaban J connectivity index is 3.04. The molecule has 15 heavy (non-hydrogen) atoms. The summed E-state index contributed by atoms with van der Waals surface area (Å²) >= 11 is 0. The van der Waals surface area contributed by atoms with Crippen LogP contribution in [0.3, 0.4) is 0 Å². The number of methoxy groups -OCH3 is 1. The molecule has 1 aromatic rings. The molecule has 0 aromatic heterocycles. The predicted molar refractivity (Wildman–Crippen MR) is 58.3 cm³/mol. The highest BCUT2D eigenvalue weighted by molar-refractivity contribution is 5.46. The van der Waals surface area contributed by atoms with Crippen LogP contribution in [0, 0.1) is 6.92 Å². The maximum Gasteiger partial charge on any atom is 0.125 e. The van der Waals surface area contributed by atoms with E-state index >= 15 is 0 Å². The molecule has 0 radical (unpaired) electrons. The second-order valence-corrected chi connectivity index (χ2v) is 3.45. The second-order valence-electron chi connectivity index (χ2n) is 3.45. The lowest BCUT2D eigenvalue weighted by atomic mass is 10.0. The summed E-state index contributed by atoms with van der Waals surface area (Å²) in [4.78, 5) is 0. The third kappa shape index (κ3) is 2.61. The summed E-state index contributed by atoms with van der Waals surface area (Å²) in [6, 6.07) is 3.25. The molecule has 0 fully saturated rings. The quantitative estimate of drug-likeness (QED) is 0.694. The lowest BCUT2D eigenvalue weighted by Gasteiger charge is -2.14. The van der Waals surface area contributed by atoms with E-state index in [0.717, 1.165) is 5.56 Å². The van der Waals surface area contributed by atoms with E-state index in [9.17, 15) is 10.2 Å². The highest BCUT2D eigenvalue weighted by Crippen LogP contribution is 2.31. The van der Waals surface area contributed by atoms with E-state index < -0.39 is 6.10 Å². The van der Waals surface area contributed by atoms with Crippen molar-refractivity contribution >= 4 is 0 Å². The molecular weight excluding hydrogens is 194 g/mol. The van der Waals surface area contributed by atoms with Gasteiger partial charge in [-0.1, -0.05) is 0 Å². The Morgan fingerprint density at radius 2 is 2.13 bits per heavy atom. The predicted octanol–water partition coefficient (Wildman–Crippen LogP) is 0.962. The van der Waals surface area contributed by atoms with Crippen molar-refractivity contribution in [2.45, 2.75) is 13.0 Å². The molecule has 0 aliphatic rings. The van der Waals surface area contributed by atoms with Crippen molar-refractivity contribution in [3.63, 3.8) is 0 Å². The van der Waals surface area contributed by atoms with E-state index in [1.807, 2.05) is 6.92 Å². The van der Waals surface area contributed by atoms with Gasteiger partial charge in [0.15, 0.2) is 0 Å². The number of hydrogen-bond donors (Lipinski definition) is 3. The summed E-state index contributed by atoms with van der Waals surface area (Å²) < 4.78 is 5.06. The Kier molecular flexibility index (Phi) is 3.94. The number of likely N-dealkylation sites (N-methyl/N-ethyl adjacent to an activating group) is 1. The average molecular weight is 211 g/mol. The Morgan fingerprint density at radius 3 is 2.67 bits per heavy atom. The maximum absolute atomic E-state index is 9.73. The van der Waals surface area contributed by atoms with Crippen LogP contribution in [0.15, 0.2) is 12.1 Å². The fourth-order valence-electron chi connectivity index (χ4n) is 1.49. The molecule has 1 unspecified atom stereocenters. The van der Waals surface area contributed by atoms with Gasteiger partial charge in [-0.05, 0) is 25.6 Å². The van der Waals surface area contributed by atoms with Gasteiger partial charge in [0.2, 0.25) is 0 Å². The molecule has 0 heterocycles. The van der Waals surface area contributed by atoms with E-state index in [0.29, 0.717) is 17.9 Å². The third-order valence-electron chi connectivity index (χ3n) is 2.30. The number of phenolic OH excluding ortho intramolecular Hbond substituents is 1. The molecule has 0 aliphatic carbocycles. The van der Waals surface area contributed by atoms with Gasteiger partial charge in [-0.25, -0.2) is 0 Å². The van der Waals surface area contributed by atoms with Crippen molar-refractivity contribution in [3.05, 3.63) is 23.3 Å². The minimum absolute atomic E-state index is 0.0557. The minimum Gasteiger partial charge on any atom is -0.507 e. The van der Waals surface area contributed by atoms with Gasteiger partial charge in [-0.2, -0.15) is 0 Å². The molecule has 0 bridgehead atoms. The number of hydrogen-bond acceptors (Lipinski definition) is 4. The molecular formula is C11H17NO3. The first-order valence-electron chi connectivity index (χ1n) is 4.80. The summed E-state index contributed by atoms with van der Waals surface area (Å²) in [6.45, 7) is 2.27. The van der Waals surface area contributed by atoms with Crippen LogP contribution in [0.5, 0.6) is 11.5 Å². The monoisotopic (exact) mass is 211 g/mol. The van der Waals surface area contributed by atoms with Gasteiger partial charge in [0.1, 0.15) is 11.5 Å². The zero-order valence-electron chi connectivity index (χ0n) is 9.24. The van der Waals surface area contributed by atoms with Crippen LogP contribution in [0.25, 0.3) is 0 Å². The molecule has 1 rings (SSSR count). The molecule has 0 aliphatic heterocycles. The summed E-state index contributed by atoms with van der Waals surface area (Å²) in [5, 5.41) is 22.3. The normalized spacial score (nSPS) is 12.5. The minimum atomic E-state index is -0.709. The summed E-state index contributed by atoms with van der Waals surface area (Å²) in [5.74, 6) is 0.674. The Bertz CT molecular complexity index is 339.